The quantitative estimate of drug-likeness (QED) is 0.0397. The van der Waals surface area contributed by atoms with Crippen LogP contribution in [0.5, 0.6) is 0 Å². The lowest BCUT2D eigenvalue weighted by Crippen LogP contribution is -2.28. The molecule has 0 rings (SSSR count). The second-order valence-corrected chi connectivity index (χ2v) is 14.3. The lowest BCUT2D eigenvalue weighted by Gasteiger charge is -2.22. The molecular formula is C36H71O8P. The summed E-state index contributed by atoms with van der Waals surface area (Å²) in [6, 6.07) is 0. The van der Waals surface area contributed by atoms with Crippen molar-refractivity contribution in [2.75, 3.05) is 65.6 Å². The van der Waals surface area contributed by atoms with E-state index in [-0.39, 0.29) is 25.9 Å². The van der Waals surface area contributed by atoms with Gasteiger partial charge in [-0.2, -0.15) is 0 Å². The summed E-state index contributed by atoms with van der Waals surface area (Å²) < 4.78 is 47.3. The Morgan fingerprint density at radius 2 is 0.844 bits per heavy atom. The molecule has 9 heteroatoms. The molecule has 0 amide bonds. The zero-order valence-corrected chi connectivity index (χ0v) is 30.2. The van der Waals surface area contributed by atoms with Crippen LogP contribution >= 0.6 is 7.37 Å². The zero-order chi connectivity index (χ0) is 33.1. The molecule has 2 unspecified atom stereocenters. The van der Waals surface area contributed by atoms with Crippen LogP contribution in [0.25, 0.3) is 0 Å². The van der Waals surface area contributed by atoms with Gasteiger partial charge in [0.1, 0.15) is 24.9 Å². The first-order valence-corrected chi connectivity index (χ1v) is 20.1. The summed E-state index contributed by atoms with van der Waals surface area (Å²) in [5.74, 6) is 0. The summed E-state index contributed by atoms with van der Waals surface area (Å²) in [5.41, 5.74) is 0. The Morgan fingerprint density at radius 3 is 1.18 bits per heavy atom. The van der Waals surface area contributed by atoms with E-state index in [4.69, 9.17) is 28.4 Å². The molecule has 0 fully saturated rings. The average molecular weight is 663 g/mol. The maximum Gasteiger partial charge on any atom is 0.250 e. The molecule has 0 aromatic carbocycles. The molecule has 0 aromatic heterocycles. The highest BCUT2D eigenvalue weighted by Crippen LogP contribution is 2.41. The van der Waals surface area contributed by atoms with Gasteiger partial charge >= 0.3 is 0 Å². The van der Waals surface area contributed by atoms with E-state index in [2.05, 4.69) is 27.0 Å². The van der Waals surface area contributed by atoms with Crippen LogP contribution < -0.4 is 0 Å². The molecule has 0 aliphatic carbocycles. The van der Waals surface area contributed by atoms with Crippen LogP contribution in [0, 0.1) is 0 Å². The fraction of sp³-hybridized carbons (Fsp3) is 0.889. The molecule has 1 N–H and O–H groups in total. The zero-order valence-electron chi connectivity index (χ0n) is 29.3. The fourth-order valence-corrected chi connectivity index (χ4v) is 5.76. The van der Waals surface area contributed by atoms with Crippen molar-refractivity contribution in [3.05, 3.63) is 25.3 Å². The Labute approximate surface area is 277 Å². The molecule has 0 aromatic rings. The van der Waals surface area contributed by atoms with Crippen molar-refractivity contribution in [2.24, 2.45) is 0 Å². The van der Waals surface area contributed by atoms with E-state index < -0.39 is 19.6 Å². The van der Waals surface area contributed by atoms with Gasteiger partial charge in [-0.25, -0.2) is 0 Å². The Kier molecular flexibility index (Phi) is 34.3. The van der Waals surface area contributed by atoms with Gasteiger partial charge in [0.25, 0.3) is 0 Å². The Hall–Kier alpha value is -0.570. The van der Waals surface area contributed by atoms with Gasteiger partial charge in [-0.3, -0.25) is 4.57 Å². The maximum atomic E-state index is 12.9. The summed E-state index contributed by atoms with van der Waals surface area (Å²) in [4.78, 5) is 10.6. The highest BCUT2D eigenvalue weighted by atomic mass is 31.2. The first kappa shape index (κ1) is 44.4. The number of ether oxygens (including phenoxy) is 6. The number of unbranched alkanes of at least 4 members (excludes halogenated alkanes) is 16. The van der Waals surface area contributed by atoms with E-state index >= 15 is 0 Å². The van der Waals surface area contributed by atoms with Gasteiger partial charge < -0.3 is 33.3 Å². The molecule has 0 aliphatic heterocycles. The van der Waals surface area contributed by atoms with Crippen molar-refractivity contribution < 1.29 is 37.9 Å². The van der Waals surface area contributed by atoms with Gasteiger partial charge in [-0.1, -0.05) is 129 Å². The number of hydrogen-bond acceptors (Lipinski definition) is 7. The van der Waals surface area contributed by atoms with Gasteiger partial charge in [-0.15, -0.1) is 13.2 Å². The van der Waals surface area contributed by atoms with Crippen LogP contribution in [0.2, 0.25) is 0 Å². The molecule has 0 spiro atoms. The molecule has 268 valence electrons. The van der Waals surface area contributed by atoms with Crippen LogP contribution in [0.3, 0.4) is 0 Å². The van der Waals surface area contributed by atoms with Crippen LogP contribution in [0.15, 0.2) is 25.3 Å². The predicted molar refractivity (Wildman–Crippen MR) is 187 cm³/mol. The lowest BCUT2D eigenvalue weighted by atomic mass is 10.1. The Morgan fingerprint density at radius 1 is 0.533 bits per heavy atom. The maximum absolute atomic E-state index is 12.9. The van der Waals surface area contributed by atoms with Gasteiger partial charge in [0.05, 0.1) is 39.6 Å². The van der Waals surface area contributed by atoms with Crippen molar-refractivity contribution in [1.29, 1.82) is 0 Å². The molecular weight excluding hydrogens is 591 g/mol. The first-order valence-electron chi connectivity index (χ1n) is 18.1. The third kappa shape index (κ3) is 33.1. The minimum absolute atomic E-state index is 0.259. The molecule has 45 heavy (non-hydrogen) atoms. The Bertz CT molecular complexity index is 625. The van der Waals surface area contributed by atoms with Crippen LogP contribution in [-0.4, -0.2) is 82.7 Å². The van der Waals surface area contributed by atoms with Gasteiger partial charge in [0.15, 0.2) is 0 Å². The van der Waals surface area contributed by atoms with Crippen molar-refractivity contribution in [1.82, 2.24) is 0 Å². The normalized spacial score (nSPS) is 14.3. The molecule has 0 saturated heterocycles. The summed E-state index contributed by atoms with van der Waals surface area (Å²) >= 11 is 0. The van der Waals surface area contributed by atoms with Gasteiger partial charge in [0.2, 0.25) is 7.37 Å². The smallest absolute Gasteiger partial charge is 0.250 e. The van der Waals surface area contributed by atoms with Crippen molar-refractivity contribution >= 4 is 7.37 Å². The minimum Gasteiger partial charge on any atom is -0.379 e. The SMILES string of the molecule is C=CCOCC(COCCCCCCCCCCC)OCP(=O)(O)COC(COCC=C)COCCCCCCCCCCC. The van der Waals surface area contributed by atoms with E-state index in [1.54, 1.807) is 12.2 Å². The molecule has 0 radical (unpaired) electrons. The topological polar surface area (TPSA) is 92.7 Å². The van der Waals surface area contributed by atoms with E-state index in [0.29, 0.717) is 39.6 Å². The average Bonchev–Trinajstić information content (AvgIpc) is 3.03. The molecule has 2 atom stereocenters. The third-order valence-electron chi connectivity index (χ3n) is 7.49. The van der Waals surface area contributed by atoms with Gasteiger partial charge in [-0.05, 0) is 12.8 Å². The van der Waals surface area contributed by atoms with Gasteiger partial charge in [0, 0.05) is 13.2 Å². The number of hydrogen-bond donors (Lipinski definition) is 1. The molecule has 0 saturated carbocycles. The first-order chi connectivity index (χ1) is 22.0. The highest BCUT2D eigenvalue weighted by Gasteiger charge is 2.24. The van der Waals surface area contributed by atoms with Crippen molar-refractivity contribution in [3.8, 4) is 0 Å². The largest absolute Gasteiger partial charge is 0.379 e. The van der Waals surface area contributed by atoms with E-state index in [1.807, 2.05) is 0 Å². The molecule has 8 nitrogen and oxygen atoms in total. The predicted octanol–water partition coefficient (Wildman–Crippen LogP) is 9.44. The summed E-state index contributed by atoms with van der Waals surface area (Å²) in [6.45, 7) is 15.0. The summed E-state index contributed by atoms with van der Waals surface area (Å²) in [7, 11) is -3.72. The molecule has 0 aliphatic rings. The standard InChI is InChI=1S/C36H71O8P/c1-5-9-11-13-15-17-19-21-23-27-41-31-35(29-39-25-7-3)43-33-45(37,38)34-44-36(30-40-26-8-4)32-42-28-24-22-20-18-16-14-12-10-6-2/h7-8,35-36H,3-6,9-34H2,1-2H3,(H,37,38). The lowest BCUT2D eigenvalue weighted by molar-refractivity contribution is -0.0524. The molecule has 0 heterocycles. The van der Waals surface area contributed by atoms with Crippen LogP contribution in [-0.2, 0) is 33.0 Å². The summed E-state index contributed by atoms with van der Waals surface area (Å²) in [5, 5.41) is 0. The fourth-order valence-electron chi connectivity index (χ4n) is 4.79. The van der Waals surface area contributed by atoms with E-state index in [9.17, 15) is 9.46 Å². The third-order valence-corrected chi connectivity index (χ3v) is 8.60. The van der Waals surface area contributed by atoms with Crippen molar-refractivity contribution in [3.63, 3.8) is 0 Å². The second kappa shape index (κ2) is 34.8. The van der Waals surface area contributed by atoms with Crippen LogP contribution in [0.1, 0.15) is 129 Å². The van der Waals surface area contributed by atoms with Crippen molar-refractivity contribution in [2.45, 2.75) is 142 Å². The van der Waals surface area contributed by atoms with E-state index in [0.717, 1.165) is 25.7 Å². The second-order valence-electron chi connectivity index (χ2n) is 12.1. The summed E-state index contributed by atoms with van der Waals surface area (Å²) in [6.07, 6.45) is 24.3. The molecule has 0 bridgehead atoms. The monoisotopic (exact) mass is 662 g/mol. The van der Waals surface area contributed by atoms with E-state index in [1.165, 1.54) is 89.9 Å². The Balaban J connectivity index is 4.36. The number of rotatable bonds is 38. The highest BCUT2D eigenvalue weighted by molar-refractivity contribution is 7.57. The minimum atomic E-state index is -3.72. The van der Waals surface area contributed by atoms with Crippen LogP contribution in [0.4, 0.5) is 0 Å².